The topological polar surface area (TPSA) is 45.5 Å². The summed E-state index contributed by atoms with van der Waals surface area (Å²) in [5.74, 6) is 2.37. The number of benzene rings is 1. The zero-order valence-electron chi connectivity index (χ0n) is 13.6. The van der Waals surface area contributed by atoms with Crippen LogP contribution in [0, 0.1) is 23.2 Å². The van der Waals surface area contributed by atoms with Gasteiger partial charge in [0.25, 0.3) is 0 Å². The Labute approximate surface area is 133 Å². The molecule has 1 fully saturated rings. The predicted molar refractivity (Wildman–Crippen MR) is 86.9 cm³/mol. The lowest BCUT2D eigenvalue weighted by molar-refractivity contribution is 0.0595. The minimum atomic E-state index is 0.540. The normalized spacial score (nSPS) is 22.2. The minimum absolute atomic E-state index is 0.540. The van der Waals surface area contributed by atoms with Crippen molar-refractivity contribution in [3.8, 4) is 11.8 Å². The molecule has 0 bridgehead atoms. The van der Waals surface area contributed by atoms with E-state index in [2.05, 4.69) is 24.8 Å². The van der Waals surface area contributed by atoms with Crippen molar-refractivity contribution in [2.24, 2.45) is 11.8 Å². The average molecular weight is 302 g/mol. The summed E-state index contributed by atoms with van der Waals surface area (Å²) in [7, 11) is 0. The number of hydrogen-bond donors (Lipinski definition) is 0. The van der Waals surface area contributed by atoms with E-state index in [1.165, 1.54) is 19.5 Å². The number of ether oxygens (including phenoxy) is 2. The molecule has 4 nitrogen and oxygen atoms in total. The summed E-state index contributed by atoms with van der Waals surface area (Å²) in [5, 5.41) is 8.73. The molecule has 1 heterocycles. The number of hydrogen-bond acceptors (Lipinski definition) is 4. The van der Waals surface area contributed by atoms with Crippen molar-refractivity contribution in [2.45, 2.75) is 20.3 Å². The second kappa shape index (κ2) is 8.77. The highest BCUT2D eigenvalue weighted by Crippen LogP contribution is 2.20. The summed E-state index contributed by atoms with van der Waals surface area (Å²) in [4.78, 5) is 2.50. The number of rotatable bonds is 7. The van der Waals surface area contributed by atoms with E-state index in [0.717, 1.165) is 30.7 Å². The molecule has 0 spiro atoms. The van der Waals surface area contributed by atoms with Crippen LogP contribution in [0.5, 0.6) is 5.75 Å². The summed E-state index contributed by atoms with van der Waals surface area (Å²) in [6.07, 6.45) is 1.34. The Hall–Kier alpha value is -1.57. The van der Waals surface area contributed by atoms with Crippen molar-refractivity contribution < 1.29 is 9.47 Å². The molecule has 0 saturated carbocycles. The number of nitrogens with zero attached hydrogens (tertiary/aromatic N) is 2. The van der Waals surface area contributed by atoms with Crippen molar-refractivity contribution in [1.82, 2.24) is 4.90 Å². The SMILES string of the molecule is CC1CC(C)CN(CCOCCOc2ccc(C#N)cc2)C1. The van der Waals surface area contributed by atoms with Crippen molar-refractivity contribution in [3.63, 3.8) is 0 Å². The highest BCUT2D eigenvalue weighted by atomic mass is 16.5. The first-order valence-corrected chi connectivity index (χ1v) is 8.10. The Bertz CT molecular complexity index is 471. The fraction of sp³-hybridized carbons (Fsp3) is 0.611. The van der Waals surface area contributed by atoms with Crippen LogP contribution in [-0.2, 0) is 4.74 Å². The zero-order valence-corrected chi connectivity index (χ0v) is 13.6. The van der Waals surface area contributed by atoms with Crippen LogP contribution in [0.3, 0.4) is 0 Å². The Kier molecular flexibility index (Phi) is 6.70. The Morgan fingerprint density at radius 2 is 1.77 bits per heavy atom. The Morgan fingerprint density at radius 3 is 2.41 bits per heavy atom. The van der Waals surface area contributed by atoms with Gasteiger partial charge in [0.05, 0.1) is 24.8 Å². The molecule has 2 rings (SSSR count). The molecular formula is C18H26N2O2. The van der Waals surface area contributed by atoms with Crippen LogP contribution in [-0.4, -0.2) is 44.4 Å². The third-order valence-corrected chi connectivity index (χ3v) is 3.98. The van der Waals surface area contributed by atoms with Crippen LogP contribution >= 0.6 is 0 Å². The van der Waals surface area contributed by atoms with E-state index in [1.807, 2.05) is 12.1 Å². The molecule has 0 radical (unpaired) electrons. The van der Waals surface area contributed by atoms with E-state index in [9.17, 15) is 0 Å². The molecule has 0 aliphatic carbocycles. The smallest absolute Gasteiger partial charge is 0.119 e. The minimum Gasteiger partial charge on any atom is -0.491 e. The Balaban J connectivity index is 1.54. The molecular weight excluding hydrogens is 276 g/mol. The molecule has 0 amide bonds. The van der Waals surface area contributed by atoms with Gasteiger partial charge in [-0.1, -0.05) is 13.8 Å². The number of likely N-dealkylation sites (tertiary alicyclic amines) is 1. The molecule has 1 aliphatic heterocycles. The first-order chi connectivity index (χ1) is 10.7. The maximum absolute atomic E-state index is 8.73. The highest BCUT2D eigenvalue weighted by molar-refractivity contribution is 5.34. The van der Waals surface area contributed by atoms with E-state index in [0.29, 0.717) is 18.8 Å². The second-order valence-corrected chi connectivity index (χ2v) is 6.30. The molecule has 2 atom stereocenters. The van der Waals surface area contributed by atoms with Gasteiger partial charge in [-0.25, -0.2) is 0 Å². The van der Waals surface area contributed by atoms with E-state index in [1.54, 1.807) is 12.1 Å². The van der Waals surface area contributed by atoms with Crippen molar-refractivity contribution >= 4 is 0 Å². The zero-order chi connectivity index (χ0) is 15.8. The summed E-state index contributed by atoms with van der Waals surface area (Å²) >= 11 is 0. The molecule has 0 aromatic heterocycles. The quantitative estimate of drug-likeness (QED) is 0.727. The van der Waals surface area contributed by atoms with Crippen molar-refractivity contribution in [1.29, 1.82) is 5.26 Å². The molecule has 4 heteroatoms. The first kappa shape index (κ1) is 16.8. The molecule has 1 aliphatic rings. The van der Waals surface area contributed by atoms with Crippen LogP contribution in [0.2, 0.25) is 0 Å². The molecule has 0 N–H and O–H groups in total. The molecule has 1 aromatic rings. The van der Waals surface area contributed by atoms with E-state index in [-0.39, 0.29) is 0 Å². The summed E-state index contributed by atoms with van der Waals surface area (Å²) in [5.41, 5.74) is 0.647. The number of nitriles is 1. The van der Waals surface area contributed by atoms with Gasteiger partial charge in [-0.3, -0.25) is 0 Å². The highest BCUT2D eigenvalue weighted by Gasteiger charge is 2.20. The van der Waals surface area contributed by atoms with Crippen molar-refractivity contribution in [2.75, 3.05) is 39.5 Å². The summed E-state index contributed by atoms with van der Waals surface area (Å²) in [6.45, 7) is 9.94. The Morgan fingerprint density at radius 1 is 1.09 bits per heavy atom. The summed E-state index contributed by atoms with van der Waals surface area (Å²) < 4.78 is 11.2. The fourth-order valence-corrected chi connectivity index (χ4v) is 3.11. The van der Waals surface area contributed by atoms with Crippen molar-refractivity contribution in [3.05, 3.63) is 29.8 Å². The summed E-state index contributed by atoms with van der Waals surface area (Å²) in [6, 6.07) is 9.24. The lowest BCUT2D eigenvalue weighted by Crippen LogP contribution is -2.40. The lowest BCUT2D eigenvalue weighted by atomic mass is 9.92. The van der Waals surface area contributed by atoms with Gasteiger partial charge in [-0.2, -0.15) is 5.26 Å². The van der Waals surface area contributed by atoms with Gasteiger partial charge in [0.1, 0.15) is 12.4 Å². The van der Waals surface area contributed by atoms with Gasteiger partial charge in [0.15, 0.2) is 0 Å². The monoisotopic (exact) mass is 302 g/mol. The molecule has 22 heavy (non-hydrogen) atoms. The maximum Gasteiger partial charge on any atom is 0.119 e. The van der Waals surface area contributed by atoms with Crippen LogP contribution < -0.4 is 4.74 Å². The average Bonchev–Trinajstić information content (AvgIpc) is 2.50. The fourth-order valence-electron chi connectivity index (χ4n) is 3.11. The van der Waals surface area contributed by atoms with E-state index >= 15 is 0 Å². The van der Waals surface area contributed by atoms with E-state index in [4.69, 9.17) is 14.7 Å². The maximum atomic E-state index is 8.73. The predicted octanol–water partition coefficient (Wildman–Crippen LogP) is 2.93. The first-order valence-electron chi connectivity index (χ1n) is 8.10. The van der Waals surface area contributed by atoms with Crippen LogP contribution in [0.1, 0.15) is 25.8 Å². The van der Waals surface area contributed by atoms with Crippen LogP contribution in [0.4, 0.5) is 0 Å². The van der Waals surface area contributed by atoms with Crippen LogP contribution in [0.25, 0.3) is 0 Å². The molecule has 120 valence electrons. The van der Waals surface area contributed by atoms with Gasteiger partial charge < -0.3 is 14.4 Å². The lowest BCUT2D eigenvalue weighted by Gasteiger charge is -2.34. The second-order valence-electron chi connectivity index (χ2n) is 6.30. The molecule has 1 saturated heterocycles. The van der Waals surface area contributed by atoms with Crippen LogP contribution in [0.15, 0.2) is 24.3 Å². The third-order valence-electron chi connectivity index (χ3n) is 3.98. The molecule has 2 unspecified atom stereocenters. The van der Waals surface area contributed by atoms with Gasteiger partial charge in [0, 0.05) is 19.6 Å². The van der Waals surface area contributed by atoms with Gasteiger partial charge in [-0.05, 0) is 42.5 Å². The van der Waals surface area contributed by atoms with Gasteiger partial charge in [0.2, 0.25) is 0 Å². The van der Waals surface area contributed by atoms with Gasteiger partial charge >= 0.3 is 0 Å². The standard InChI is InChI=1S/C18H26N2O2/c1-15-11-16(2)14-20(13-15)7-8-21-9-10-22-18-5-3-17(12-19)4-6-18/h3-6,15-16H,7-11,13-14H2,1-2H3. The van der Waals surface area contributed by atoms with Gasteiger partial charge in [-0.15, -0.1) is 0 Å². The van der Waals surface area contributed by atoms with E-state index < -0.39 is 0 Å². The largest absolute Gasteiger partial charge is 0.491 e. The number of piperidine rings is 1. The third kappa shape index (κ3) is 5.67. The molecule has 1 aromatic carbocycles.